The number of phenolic OH excluding ortho intramolecular Hbond substituents is 2. The molecule has 21 heavy (non-hydrogen) atoms. The quantitative estimate of drug-likeness (QED) is 0.415. The average Bonchev–Trinajstić information content (AvgIpc) is 2.29. The predicted molar refractivity (Wildman–Crippen MR) is 72.1 cm³/mol. The number of amides is 1. The minimum Gasteiger partial charge on any atom is -0.504 e. The van der Waals surface area contributed by atoms with Crippen molar-refractivity contribution in [3.8, 4) is 17.2 Å². The van der Waals surface area contributed by atoms with Crippen LogP contribution in [0, 0.1) is 0 Å². The molecule has 0 radical (unpaired) electrons. The van der Waals surface area contributed by atoms with Crippen molar-refractivity contribution in [2.45, 2.75) is 38.8 Å². The minimum absolute atomic E-state index is 0.0868. The number of aromatic hydroxyl groups is 2. The van der Waals surface area contributed by atoms with Crippen LogP contribution in [0.5, 0.6) is 17.2 Å². The summed E-state index contributed by atoms with van der Waals surface area (Å²) in [5.74, 6) is -1.21. The second kappa shape index (κ2) is 5.16. The summed E-state index contributed by atoms with van der Waals surface area (Å²) in [7, 11) is 0. The fourth-order valence-corrected chi connectivity index (χ4v) is 1.95. The molecule has 7 nitrogen and oxygen atoms in total. The van der Waals surface area contributed by atoms with Crippen molar-refractivity contribution in [3.05, 3.63) is 17.7 Å². The van der Waals surface area contributed by atoms with Crippen molar-refractivity contribution in [2.75, 3.05) is 0 Å². The van der Waals surface area contributed by atoms with Crippen molar-refractivity contribution in [3.63, 3.8) is 0 Å². The molecule has 0 aromatic heterocycles. The van der Waals surface area contributed by atoms with Gasteiger partial charge in [-0.3, -0.25) is 4.79 Å². The lowest BCUT2D eigenvalue weighted by atomic mass is 9.99. The Kier molecular flexibility index (Phi) is 3.67. The zero-order valence-corrected chi connectivity index (χ0v) is 12.0. The van der Waals surface area contributed by atoms with Crippen LogP contribution >= 0.6 is 0 Å². The molecular formula is C14H17NO6. The van der Waals surface area contributed by atoms with E-state index in [0.29, 0.717) is 5.56 Å². The van der Waals surface area contributed by atoms with E-state index in [4.69, 9.17) is 9.47 Å². The van der Waals surface area contributed by atoms with E-state index in [-0.39, 0.29) is 17.9 Å². The Morgan fingerprint density at radius 2 is 1.95 bits per heavy atom. The van der Waals surface area contributed by atoms with Gasteiger partial charge >= 0.3 is 12.1 Å². The molecule has 1 amide bonds. The third-order valence-corrected chi connectivity index (χ3v) is 2.77. The van der Waals surface area contributed by atoms with E-state index in [1.807, 2.05) is 0 Å². The lowest BCUT2D eigenvalue weighted by Gasteiger charge is -2.27. The van der Waals surface area contributed by atoms with Crippen molar-refractivity contribution in [1.29, 1.82) is 0 Å². The summed E-state index contributed by atoms with van der Waals surface area (Å²) in [6.45, 7) is 5.17. The fraction of sp³-hybridized carbons (Fsp3) is 0.429. The molecule has 1 atom stereocenters. The Balaban J connectivity index is 2.24. The largest absolute Gasteiger partial charge is 0.504 e. The maximum absolute atomic E-state index is 11.8. The first-order valence-corrected chi connectivity index (χ1v) is 6.42. The van der Waals surface area contributed by atoms with Crippen LogP contribution < -0.4 is 10.1 Å². The van der Waals surface area contributed by atoms with Gasteiger partial charge in [-0.2, -0.15) is 0 Å². The molecule has 0 bridgehead atoms. The number of fused-ring (bicyclic) bond motifs is 1. The van der Waals surface area contributed by atoms with Crippen LogP contribution in [0.4, 0.5) is 4.79 Å². The summed E-state index contributed by atoms with van der Waals surface area (Å²) in [5.41, 5.74) is -0.269. The Morgan fingerprint density at radius 3 is 2.57 bits per heavy atom. The molecule has 0 spiro atoms. The van der Waals surface area contributed by atoms with Crippen molar-refractivity contribution >= 4 is 12.1 Å². The molecule has 1 aliphatic rings. The first-order valence-electron chi connectivity index (χ1n) is 6.42. The highest BCUT2D eigenvalue weighted by molar-refractivity contribution is 5.79. The van der Waals surface area contributed by atoms with Crippen LogP contribution in [-0.4, -0.2) is 27.9 Å². The van der Waals surface area contributed by atoms with E-state index in [1.165, 1.54) is 6.07 Å². The van der Waals surface area contributed by atoms with Gasteiger partial charge in [-0.05, 0) is 26.8 Å². The van der Waals surface area contributed by atoms with Gasteiger partial charge in [-0.25, -0.2) is 4.79 Å². The second-order valence-corrected chi connectivity index (χ2v) is 5.76. The molecule has 1 aromatic rings. The van der Waals surface area contributed by atoms with Gasteiger partial charge in [0.1, 0.15) is 11.4 Å². The number of esters is 1. The summed E-state index contributed by atoms with van der Waals surface area (Å²) in [6, 6.07) is 1.69. The van der Waals surface area contributed by atoms with Gasteiger partial charge in [0.05, 0.1) is 12.5 Å². The smallest absolute Gasteiger partial charge is 0.408 e. The molecule has 3 N–H and O–H groups in total. The molecule has 114 valence electrons. The number of carbonyl (C=O) groups is 2. The topological polar surface area (TPSA) is 105 Å². The van der Waals surface area contributed by atoms with Crippen LogP contribution in [0.25, 0.3) is 0 Å². The van der Waals surface area contributed by atoms with Gasteiger partial charge in [-0.15, -0.1) is 0 Å². The molecule has 1 aliphatic heterocycles. The van der Waals surface area contributed by atoms with Crippen LogP contribution in [0.3, 0.4) is 0 Å². The summed E-state index contributed by atoms with van der Waals surface area (Å²) in [5, 5.41) is 21.5. The zero-order valence-electron chi connectivity index (χ0n) is 12.0. The highest BCUT2D eigenvalue weighted by atomic mass is 16.6. The molecule has 0 aliphatic carbocycles. The van der Waals surface area contributed by atoms with Gasteiger partial charge < -0.3 is 25.0 Å². The van der Waals surface area contributed by atoms with Crippen LogP contribution in [0.1, 0.15) is 38.8 Å². The molecule has 1 aromatic carbocycles. The predicted octanol–water partition coefficient (Wildman–Crippen LogP) is 1.97. The Bertz CT molecular complexity index is 590. The number of phenols is 2. The van der Waals surface area contributed by atoms with Crippen molar-refractivity contribution < 1.29 is 29.3 Å². The van der Waals surface area contributed by atoms with Crippen LogP contribution in [-0.2, 0) is 9.53 Å². The summed E-state index contributed by atoms with van der Waals surface area (Å²) < 4.78 is 10.1. The zero-order chi connectivity index (χ0) is 15.8. The summed E-state index contributed by atoms with van der Waals surface area (Å²) >= 11 is 0. The molecule has 2 rings (SSSR count). The van der Waals surface area contributed by atoms with E-state index < -0.39 is 29.5 Å². The number of rotatable bonds is 1. The van der Waals surface area contributed by atoms with E-state index >= 15 is 0 Å². The molecular weight excluding hydrogens is 278 g/mol. The Morgan fingerprint density at radius 1 is 1.33 bits per heavy atom. The molecule has 0 saturated carbocycles. The van der Waals surface area contributed by atoms with Gasteiger partial charge in [0.15, 0.2) is 11.5 Å². The van der Waals surface area contributed by atoms with E-state index in [0.717, 1.165) is 6.07 Å². The van der Waals surface area contributed by atoms with Crippen molar-refractivity contribution in [1.82, 2.24) is 5.32 Å². The van der Waals surface area contributed by atoms with Crippen LogP contribution in [0.2, 0.25) is 0 Å². The normalized spacial score (nSPS) is 17.7. The number of ether oxygens (including phenoxy) is 2. The summed E-state index contributed by atoms with van der Waals surface area (Å²) in [4.78, 5) is 23.3. The van der Waals surface area contributed by atoms with E-state index in [1.54, 1.807) is 20.8 Å². The lowest BCUT2D eigenvalue weighted by molar-refractivity contribution is -0.136. The number of alkyl carbamates (subject to hydrolysis) is 1. The molecule has 7 heteroatoms. The maximum Gasteiger partial charge on any atom is 0.408 e. The summed E-state index contributed by atoms with van der Waals surface area (Å²) in [6.07, 6.45) is -0.767. The highest BCUT2D eigenvalue weighted by Gasteiger charge is 2.31. The van der Waals surface area contributed by atoms with E-state index in [9.17, 15) is 19.8 Å². The standard InChI is InChI=1S/C14H17NO6/c1-14(2,3)21-13(19)15-8-5-12(18)20-11-6-10(17)9(16)4-7(8)11/h4,6,8,16-17H,5H2,1-3H3,(H,15,19). The third-order valence-electron chi connectivity index (χ3n) is 2.77. The van der Waals surface area contributed by atoms with Crippen molar-refractivity contribution in [2.24, 2.45) is 0 Å². The Hall–Kier alpha value is -2.44. The molecule has 1 unspecified atom stereocenters. The maximum atomic E-state index is 11.8. The number of carbonyl (C=O) groups excluding carboxylic acids is 2. The fourth-order valence-electron chi connectivity index (χ4n) is 1.95. The Labute approximate surface area is 121 Å². The van der Waals surface area contributed by atoms with Gasteiger partial charge in [-0.1, -0.05) is 0 Å². The average molecular weight is 295 g/mol. The minimum atomic E-state index is -0.692. The SMILES string of the molecule is CC(C)(C)OC(=O)NC1CC(=O)Oc2cc(O)c(O)cc21. The third kappa shape index (κ3) is 3.56. The van der Waals surface area contributed by atoms with Crippen LogP contribution in [0.15, 0.2) is 12.1 Å². The number of nitrogens with one attached hydrogen (secondary N) is 1. The molecule has 0 fully saturated rings. The highest BCUT2D eigenvalue weighted by Crippen LogP contribution is 2.40. The van der Waals surface area contributed by atoms with Gasteiger partial charge in [0.25, 0.3) is 0 Å². The number of hydrogen-bond acceptors (Lipinski definition) is 6. The monoisotopic (exact) mass is 295 g/mol. The number of benzene rings is 1. The van der Waals surface area contributed by atoms with E-state index in [2.05, 4.69) is 5.32 Å². The van der Waals surface area contributed by atoms with Gasteiger partial charge in [0.2, 0.25) is 0 Å². The van der Waals surface area contributed by atoms with Gasteiger partial charge in [0, 0.05) is 11.6 Å². The first kappa shape index (κ1) is 15.0. The number of hydrogen-bond donors (Lipinski definition) is 3. The molecule has 0 saturated heterocycles. The lowest BCUT2D eigenvalue weighted by Crippen LogP contribution is -2.37. The molecule has 1 heterocycles. The second-order valence-electron chi connectivity index (χ2n) is 5.76. The first-order chi connectivity index (χ1) is 9.65.